The summed E-state index contributed by atoms with van der Waals surface area (Å²) in [4.78, 5) is 19.8. The highest BCUT2D eigenvalue weighted by Crippen LogP contribution is 2.33. The SMILES string of the molecule is O=C1CCc2ccc(ON3CCN(c4cccc(Cl)c4Cl)CC3)cc2N1. The quantitative estimate of drug-likeness (QED) is 0.858. The number of piperazine rings is 1. The van der Waals surface area contributed by atoms with Gasteiger partial charge in [-0.2, -0.15) is 0 Å². The van der Waals surface area contributed by atoms with E-state index in [0.717, 1.165) is 55.3 Å². The molecule has 0 aromatic heterocycles. The number of amides is 1. The first-order chi connectivity index (χ1) is 12.6. The summed E-state index contributed by atoms with van der Waals surface area (Å²) >= 11 is 12.4. The van der Waals surface area contributed by atoms with Gasteiger partial charge in [0.05, 0.1) is 28.8 Å². The molecule has 2 heterocycles. The van der Waals surface area contributed by atoms with Gasteiger partial charge in [-0.3, -0.25) is 4.79 Å². The van der Waals surface area contributed by atoms with E-state index >= 15 is 0 Å². The van der Waals surface area contributed by atoms with Crippen LogP contribution >= 0.6 is 23.2 Å². The number of rotatable bonds is 3. The van der Waals surface area contributed by atoms with Crippen LogP contribution in [-0.2, 0) is 11.2 Å². The zero-order valence-corrected chi connectivity index (χ0v) is 15.7. The number of hydrogen-bond acceptors (Lipinski definition) is 4. The van der Waals surface area contributed by atoms with Crippen molar-refractivity contribution in [3.63, 3.8) is 0 Å². The number of hydrogen-bond donors (Lipinski definition) is 1. The molecule has 0 spiro atoms. The van der Waals surface area contributed by atoms with Gasteiger partial charge in [-0.05, 0) is 30.2 Å². The summed E-state index contributed by atoms with van der Waals surface area (Å²) in [6, 6.07) is 11.6. The summed E-state index contributed by atoms with van der Waals surface area (Å²) < 4.78 is 0. The first-order valence-corrected chi connectivity index (χ1v) is 9.40. The van der Waals surface area contributed by atoms with Gasteiger partial charge in [-0.1, -0.05) is 35.3 Å². The van der Waals surface area contributed by atoms with Gasteiger partial charge in [-0.15, -0.1) is 5.06 Å². The number of nitrogens with one attached hydrogen (secondary N) is 1. The van der Waals surface area contributed by atoms with E-state index in [2.05, 4.69) is 10.2 Å². The second kappa shape index (κ2) is 7.35. The molecule has 136 valence electrons. The average molecular weight is 392 g/mol. The lowest BCUT2D eigenvalue weighted by Gasteiger charge is -2.35. The molecule has 0 radical (unpaired) electrons. The van der Waals surface area contributed by atoms with E-state index in [1.807, 2.05) is 35.4 Å². The summed E-state index contributed by atoms with van der Waals surface area (Å²) in [6.07, 6.45) is 1.32. The molecule has 1 N–H and O–H groups in total. The van der Waals surface area contributed by atoms with E-state index in [4.69, 9.17) is 28.0 Å². The van der Waals surface area contributed by atoms with Gasteiger partial charge in [0.15, 0.2) is 0 Å². The Hall–Kier alpha value is -1.95. The van der Waals surface area contributed by atoms with Gasteiger partial charge in [0, 0.05) is 31.3 Å². The standard InChI is InChI=1S/C19H19Cl2N3O2/c20-15-2-1-3-17(19(15)21)23-8-10-24(11-9-23)26-14-6-4-13-5-7-18(25)22-16(13)12-14/h1-4,6,12H,5,7-11H2,(H,22,25). The maximum absolute atomic E-state index is 11.6. The highest BCUT2D eigenvalue weighted by Gasteiger charge is 2.22. The van der Waals surface area contributed by atoms with Crippen LogP contribution in [-0.4, -0.2) is 37.1 Å². The molecule has 4 rings (SSSR count). The predicted octanol–water partition coefficient (Wildman–Crippen LogP) is 3.99. The average Bonchev–Trinajstić information content (AvgIpc) is 2.64. The van der Waals surface area contributed by atoms with Crippen molar-refractivity contribution in [3.05, 3.63) is 52.0 Å². The summed E-state index contributed by atoms with van der Waals surface area (Å²) in [5.74, 6) is 0.793. The van der Waals surface area contributed by atoms with Crippen molar-refractivity contribution < 1.29 is 9.63 Å². The summed E-state index contributed by atoms with van der Waals surface area (Å²) in [6.45, 7) is 3.07. The molecule has 7 heteroatoms. The van der Waals surface area contributed by atoms with E-state index in [9.17, 15) is 4.79 Å². The minimum absolute atomic E-state index is 0.0571. The second-order valence-corrected chi connectivity index (χ2v) is 7.23. The zero-order valence-electron chi connectivity index (χ0n) is 14.2. The molecule has 1 amide bonds. The number of anilines is 2. The lowest BCUT2D eigenvalue weighted by atomic mass is 10.0. The summed E-state index contributed by atoms with van der Waals surface area (Å²) in [5.41, 5.74) is 2.95. The molecule has 0 unspecified atom stereocenters. The fourth-order valence-corrected chi connectivity index (χ4v) is 3.73. The minimum atomic E-state index is 0.0571. The molecule has 2 aliphatic rings. The Labute approximate surface area is 162 Å². The van der Waals surface area contributed by atoms with Crippen molar-refractivity contribution >= 4 is 40.5 Å². The Balaban J connectivity index is 1.39. The Bertz CT molecular complexity index is 836. The molecule has 0 saturated carbocycles. The Kier molecular flexibility index (Phi) is 4.94. The maximum Gasteiger partial charge on any atom is 0.224 e. The molecule has 0 atom stereocenters. The Morgan fingerprint density at radius 2 is 1.81 bits per heavy atom. The van der Waals surface area contributed by atoms with E-state index in [1.54, 1.807) is 6.07 Å². The molecule has 1 fully saturated rings. The molecule has 0 bridgehead atoms. The second-order valence-electron chi connectivity index (χ2n) is 6.45. The highest BCUT2D eigenvalue weighted by molar-refractivity contribution is 6.43. The van der Waals surface area contributed by atoms with Crippen LogP contribution in [0.25, 0.3) is 0 Å². The van der Waals surface area contributed by atoms with Crippen molar-refractivity contribution in [3.8, 4) is 5.75 Å². The number of halogens is 2. The summed E-state index contributed by atoms with van der Waals surface area (Å²) in [7, 11) is 0. The van der Waals surface area contributed by atoms with E-state index in [1.165, 1.54) is 0 Å². The van der Waals surface area contributed by atoms with Crippen molar-refractivity contribution in [2.24, 2.45) is 0 Å². The van der Waals surface area contributed by atoms with Gasteiger partial charge in [0.1, 0.15) is 5.75 Å². The largest absolute Gasteiger partial charge is 0.406 e. The van der Waals surface area contributed by atoms with Crippen LogP contribution in [0.4, 0.5) is 11.4 Å². The number of carbonyl (C=O) groups excluding carboxylic acids is 1. The maximum atomic E-state index is 11.6. The first kappa shape index (κ1) is 17.5. The van der Waals surface area contributed by atoms with Crippen LogP contribution in [0.1, 0.15) is 12.0 Å². The van der Waals surface area contributed by atoms with Crippen molar-refractivity contribution in [2.75, 3.05) is 36.4 Å². The number of hydroxylamine groups is 2. The number of fused-ring (bicyclic) bond motifs is 1. The summed E-state index contributed by atoms with van der Waals surface area (Å²) in [5, 5.41) is 6.00. The Morgan fingerprint density at radius 3 is 2.62 bits per heavy atom. The van der Waals surface area contributed by atoms with Crippen molar-refractivity contribution in [1.29, 1.82) is 0 Å². The van der Waals surface area contributed by atoms with Crippen LogP contribution in [0.3, 0.4) is 0 Å². The van der Waals surface area contributed by atoms with Crippen LogP contribution in [0, 0.1) is 0 Å². The number of nitrogens with zero attached hydrogens (tertiary/aromatic N) is 2. The van der Waals surface area contributed by atoms with E-state index in [-0.39, 0.29) is 5.91 Å². The monoisotopic (exact) mass is 391 g/mol. The molecule has 2 aliphatic heterocycles. The fourth-order valence-electron chi connectivity index (χ4n) is 3.31. The third kappa shape index (κ3) is 3.61. The molecule has 2 aromatic carbocycles. The van der Waals surface area contributed by atoms with Crippen LogP contribution in [0.15, 0.2) is 36.4 Å². The molecule has 2 aromatic rings. The number of aryl methyl sites for hydroxylation is 1. The lowest BCUT2D eigenvalue weighted by molar-refractivity contribution is -0.116. The van der Waals surface area contributed by atoms with Gasteiger partial charge in [0.2, 0.25) is 5.91 Å². The van der Waals surface area contributed by atoms with Crippen molar-refractivity contribution in [2.45, 2.75) is 12.8 Å². The highest BCUT2D eigenvalue weighted by atomic mass is 35.5. The molecule has 5 nitrogen and oxygen atoms in total. The first-order valence-electron chi connectivity index (χ1n) is 8.65. The number of carbonyl (C=O) groups is 1. The predicted molar refractivity (Wildman–Crippen MR) is 104 cm³/mol. The van der Waals surface area contributed by atoms with Gasteiger partial charge in [-0.25, -0.2) is 0 Å². The van der Waals surface area contributed by atoms with Gasteiger partial charge < -0.3 is 15.1 Å². The van der Waals surface area contributed by atoms with Gasteiger partial charge in [0.25, 0.3) is 0 Å². The van der Waals surface area contributed by atoms with Crippen LogP contribution < -0.4 is 15.1 Å². The lowest BCUT2D eigenvalue weighted by Crippen LogP contribution is -2.47. The zero-order chi connectivity index (χ0) is 18.1. The van der Waals surface area contributed by atoms with Crippen LogP contribution in [0.2, 0.25) is 10.0 Å². The molecule has 26 heavy (non-hydrogen) atoms. The minimum Gasteiger partial charge on any atom is -0.406 e. The smallest absolute Gasteiger partial charge is 0.224 e. The third-order valence-electron chi connectivity index (χ3n) is 4.72. The van der Waals surface area contributed by atoms with E-state index in [0.29, 0.717) is 16.5 Å². The molecule has 0 aliphatic carbocycles. The molecule has 1 saturated heterocycles. The van der Waals surface area contributed by atoms with E-state index < -0.39 is 0 Å². The third-order valence-corrected chi connectivity index (χ3v) is 5.53. The number of benzene rings is 2. The topological polar surface area (TPSA) is 44.8 Å². The van der Waals surface area contributed by atoms with Crippen LogP contribution in [0.5, 0.6) is 5.75 Å². The normalized spacial score (nSPS) is 17.6. The van der Waals surface area contributed by atoms with Crippen molar-refractivity contribution in [1.82, 2.24) is 5.06 Å². The fraction of sp³-hybridized carbons (Fsp3) is 0.316. The molecular weight excluding hydrogens is 373 g/mol. The molecular formula is C19H19Cl2N3O2. The Morgan fingerprint density at radius 1 is 1.00 bits per heavy atom. The van der Waals surface area contributed by atoms with Gasteiger partial charge >= 0.3 is 0 Å².